The summed E-state index contributed by atoms with van der Waals surface area (Å²) in [6.45, 7) is 2.58. The van der Waals surface area contributed by atoms with Gasteiger partial charge in [0.1, 0.15) is 5.82 Å². The number of hydrogen-bond acceptors (Lipinski definition) is 3. The topological polar surface area (TPSA) is 40.5 Å². The van der Waals surface area contributed by atoms with Crippen LogP contribution in [0.3, 0.4) is 0 Å². The lowest BCUT2D eigenvalue weighted by molar-refractivity contribution is 0.0693. The molecule has 0 aliphatic heterocycles. The molecule has 1 atom stereocenters. The Bertz CT molecular complexity index is 613. The number of carboxylic acid groups (broad SMARTS) is 1. The fourth-order valence-electron chi connectivity index (χ4n) is 2.19. The van der Waals surface area contributed by atoms with Gasteiger partial charge in [-0.05, 0) is 49.5 Å². The van der Waals surface area contributed by atoms with Crippen molar-refractivity contribution in [2.75, 3.05) is 7.05 Å². The van der Waals surface area contributed by atoms with E-state index in [1.165, 1.54) is 10.9 Å². The molecular formula is C16H18FNO2S. The van der Waals surface area contributed by atoms with Crippen LogP contribution in [0.5, 0.6) is 0 Å². The standard InChI is InChI=1S/C16H18FNO2S/c1-11(8-14-4-3-7-21-14)18(2)10-12-5-6-13(17)9-15(12)16(19)20/h3-7,9,11H,8,10H2,1-2H3,(H,19,20). The first-order valence-electron chi connectivity index (χ1n) is 6.71. The van der Waals surface area contributed by atoms with Gasteiger partial charge in [-0.3, -0.25) is 4.90 Å². The average Bonchev–Trinajstić information content (AvgIpc) is 2.93. The second kappa shape index (κ2) is 6.83. The van der Waals surface area contributed by atoms with Crippen molar-refractivity contribution in [1.82, 2.24) is 4.90 Å². The van der Waals surface area contributed by atoms with Crippen LogP contribution in [-0.2, 0) is 13.0 Å². The van der Waals surface area contributed by atoms with E-state index in [9.17, 15) is 9.18 Å². The van der Waals surface area contributed by atoms with Crippen LogP contribution in [0.2, 0.25) is 0 Å². The number of benzene rings is 1. The second-order valence-electron chi connectivity index (χ2n) is 5.15. The van der Waals surface area contributed by atoms with Crippen LogP contribution in [-0.4, -0.2) is 29.1 Å². The average molecular weight is 307 g/mol. The Morgan fingerprint density at radius 2 is 2.19 bits per heavy atom. The fourth-order valence-corrected chi connectivity index (χ4v) is 3.01. The second-order valence-corrected chi connectivity index (χ2v) is 6.19. The number of carbonyl (C=O) groups is 1. The van der Waals surface area contributed by atoms with E-state index in [0.29, 0.717) is 12.1 Å². The first-order valence-corrected chi connectivity index (χ1v) is 7.59. The molecule has 21 heavy (non-hydrogen) atoms. The maximum atomic E-state index is 13.2. The van der Waals surface area contributed by atoms with Gasteiger partial charge in [-0.1, -0.05) is 12.1 Å². The lowest BCUT2D eigenvalue weighted by atomic mass is 10.1. The third kappa shape index (κ3) is 4.12. The number of carboxylic acids is 1. The minimum absolute atomic E-state index is 0.0326. The summed E-state index contributed by atoms with van der Waals surface area (Å²) in [5, 5.41) is 11.2. The third-order valence-corrected chi connectivity index (χ3v) is 4.45. The molecule has 0 spiro atoms. The SMILES string of the molecule is CC(Cc1cccs1)N(C)Cc1ccc(F)cc1C(=O)O. The van der Waals surface area contributed by atoms with Gasteiger partial charge in [-0.15, -0.1) is 11.3 Å². The predicted octanol–water partition coefficient (Wildman–Crippen LogP) is 3.65. The Morgan fingerprint density at radius 3 is 2.81 bits per heavy atom. The van der Waals surface area contributed by atoms with Gasteiger partial charge in [0, 0.05) is 17.5 Å². The lowest BCUT2D eigenvalue weighted by Crippen LogP contribution is -2.30. The Morgan fingerprint density at radius 1 is 1.43 bits per heavy atom. The molecule has 1 heterocycles. The zero-order valence-electron chi connectivity index (χ0n) is 12.0. The summed E-state index contributed by atoms with van der Waals surface area (Å²) in [7, 11) is 1.95. The maximum absolute atomic E-state index is 13.2. The van der Waals surface area contributed by atoms with Crippen molar-refractivity contribution in [2.24, 2.45) is 0 Å². The molecular weight excluding hydrogens is 289 g/mol. The molecule has 1 N–H and O–H groups in total. The quantitative estimate of drug-likeness (QED) is 0.885. The summed E-state index contributed by atoms with van der Waals surface area (Å²) in [4.78, 5) is 14.6. The van der Waals surface area contributed by atoms with Crippen molar-refractivity contribution in [3.63, 3.8) is 0 Å². The van der Waals surface area contributed by atoms with Crippen LogP contribution < -0.4 is 0 Å². The Balaban J connectivity index is 2.08. The van der Waals surface area contributed by atoms with E-state index >= 15 is 0 Å². The monoisotopic (exact) mass is 307 g/mol. The van der Waals surface area contributed by atoms with Crippen molar-refractivity contribution in [3.05, 3.63) is 57.5 Å². The third-order valence-electron chi connectivity index (χ3n) is 3.55. The summed E-state index contributed by atoms with van der Waals surface area (Å²) in [5.41, 5.74) is 0.662. The number of nitrogens with zero attached hydrogens (tertiary/aromatic N) is 1. The molecule has 1 unspecified atom stereocenters. The van der Waals surface area contributed by atoms with Gasteiger partial charge < -0.3 is 5.11 Å². The smallest absolute Gasteiger partial charge is 0.336 e. The Kier molecular flexibility index (Phi) is 5.09. The molecule has 0 amide bonds. The molecule has 112 valence electrons. The van der Waals surface area contributed by atoms with Crippen LogP contribution in [0.1, 0.15) is 27.7 Å². The van der Waals surface area contributed by atoms with Crippen LogP contribution in [0.15, 0.2) is 35.7 Å². The number of hydrogen-bond donors (Lipinski definition) is 1. The minimum atomic E-state index is -1.09. The first kappa shape index (κ1) is 15.7. The van der Waals surface area contributed by atoms with Crippen LogP contribution in [0, 0.1) is 5.82 Å². The van der Waals surface area contributed by atoms with E-state index in [1.54, 1.807) is 17.4 Å². The van der Waals surface area contributed by atoms with Crippen molar-refractivity contribution in [2.45, 2.75) is 25.9 Å². The maximum Gasteiger partial charge on any atom is 0.336 e. The molecule has 0 saturated heterocycles. The number of thiophene rings is 1. The van der Waals surface area contributed by atoms with Gasteiger partial charge >= 0.3 is 5.97 Å². The Hall–Kier alpha value is -1.72. The van der Waals surface area contributed by atoms with Gasteiger partial charge in [0.25, 0.3) is 0 Å². The summed E-state index contributed by atoms with van der Waals surface area (Å²) in [6, 6.07) is 8.32. The minimum Gasteiger partial charge on any atom is -0.478 e. The molecule has 0 radical (unpaired) electrons. The number of aromatic carboxylic acids is 1. The van der Waals surface area contributed by atoms with Gasteiger partial charge in [-0.2, -0.15) is 0 Å². The normalized spacial score (nSPS) is 12.6. The molecule has 0 aliphatic carbocycles. The number of rotatable bonds is 6. The van der Waals surface area contributed by atoms with Gasteiger partial charge in [0.15, 0.2) is 0 Å². The molecule has 5 heteroatoms. The highest BCUT2D eigenvalue weighted by atomic mass is 32.1. The van der Waals surface area contributed by atoms with E-state index in [4.69, 9.17) is 5.11 Å². The summed E-state index contributed by atoms with van der Waals surface area (Å²) < 4.78 is 13.2. The van der Waals surface area contributed by atoms with Crippen molar-refractivity contribution in [1.29, 1.82) is 0 Å². The Labute approximate surface area is 127 Å². The van der Waals surface area contributed by atoms with E-state index in [2.05, 4.69) is 17.9 Å². The molecule has 2 rings (SSSR count). The van der Waals surface area contributed by atoms with E-state index in [-0.39, 0.29) is 11.6 Å². The van der Waals surface area contributed by atoms with E-state index in [1.807, 2.05) is 18.5 Å². The highest BCUT2D eigenvalue weighted by Crippen LogP contribution is 2.18. The fraction of sp³-hybridized carbons (Fsp3) is 0.312. The van der Waals surface area contributed by atoms with E-state index in [0.717, 1.165) is 12.5 Å². The summed E-state index contributed by atoms with van der Waals surface area (Å²) >= 11 is 1.71. The molecule has 2 aromatic rings. The van der Waals surface area contributed by atoms with Crippen molar-refractivity contribution in [3.8, 4) is 0 Å². The largest absolute Gasteiger partial charge is 0.478 e. The predicted molar refractivity (Wildman–Crippen MR) is 82.3 cm³/mol. The molecule has 0 saturated carbocycles. The molecule has 3 nitrogen and oxygen atoms in total. The van der Waals surface area contributed by atoms with Crippen molar-refractivity contribution < 1.29 is 14.3 Å². The van der Waals surface area contributed by atoms with E-state index < -0.39 is 11.8 Å². The summed E-state index contributed by atoms with van der Waals surface area (Å²) in [5.74, 6) is -1.62. The molecule has 1 aromatic heterocycles. The molecule has 0 fully saturated rings. The molecule has 1 aromatic carbocycles. The van der Waals surface area contributed by atoms with Crippen LogP contribution in [0.25, 0.3) is 0 Å². The zero-order valence-corrected chi connectivity index (χ0v) is 12.9. The lowest BCUT2D eigenvalue weighted by Gasteiger charge is -2.25. The van der Waals surface area contributed by atoms with Gasteiger partial charge in [0.2, 0.25) is 0 Å². The van der Waals surface area contributed by atoms with Gasteiger partial charge in [0.05, 0.1) is 5.56 Å². The van der Waals surface area contributed by atoms with Crippen molar-refractivity contribution >= 4 is 17.3 Å². The number of likely N-dealkylation sites (N-methyl/N-ethyl adjacent to an activating group) is 1. The zero-order chi connectivity index (χ0) is 15.4. The molecule has 0 aliphatic rings. The highest BCUT2D eigenvalue weighted by molar-refractivity contribution is 7.09. The first-order chi connectivity index (χ1) is 9.97. The molecule has 0 bridgehead atoms. The summed E-state index contributed by atoms with van der Waals surface area (Å²) in [6.07, 6.45) is 0.914. The van der Waals surface area contributed by atoms with Crippen LogP contribution in [0.4, 0.5) is 4.39 Å². The number of halogens is 1. The highest BCUT2D eigenvalue weighted by Gasteiger charge is 2.16. The van der Waals surface area contributed by atoms with Gasteiger partial charge in [-0.25, -0.2) is 9.18 Å². The van der Waals surface area contributed by atoms with Crippen LogP contribution >= 0.6 is 11.3 Å².